The van der Waals surface area contributed by atoms with Gasteiger partial charge in [0.05, 0.1) is 11.8 Å². The van der Waals surface area contributed by atoms with Crippen LogP contribution in [0.25, 0.3) is 20.8 Å². The molecule has 0 amide bonds. The molecule has 3 rings (SSSR count). The number of phenolic OH excluding ortho intramolecular Hbond substituents is 1. The number of nitrogens with zero attached hydrogens (tertiary/aromatic N) is 1. The lowest BCUT2D eigenvalue weighted by molar-refractivity contribution is 0.415. The first-order valence-corrected chi connectivity index (χ1v) is 6.32. The Bertz CT molecular complexity index is 689. The number of phenols is 1. The molecule has 0 aliphatic carbocycles. The Balaban J connectivity index is 2.10. The molecule has 1 heterocycles. The Kier molecular flexibility index (Phi) is 2.64. The van der Waals surface area contributed by atoms with Crippen molar-refractivity contribution in [2.75, 3.05) is 7.11 Å². The molecule has 0 spiro atoms. The van der Waals surface area contributed by atoms with Gasteiger partial charge in [-0.1, -0.05) is 6.07 Å². The molecule has 0 radical (unpaired) electrons. The van der Waals surface area contributed by atoms with Crippen LogP contribution in [0.1, 0.15) is 0 Å². The number of aromatic hydroxyl groups is 1. The molecule has 1 N–H and O–H groups in total. The van der Waals surface area contributed by atoms with E-state index in [0.29, 0.717) is 5.52 Å². The van der Waals surface area contributed by atoms with E-state index >= 15 is 0 Å². The highest BCUT2D eigenvalue weighted by Gasteiger charge is 2.08. The van der Waals surface area contributed by atoms with Crippen LogP contribution < -0.4 is 4.74 Å². The summed E-state index contributed by atoms with van der Waals surface area (Å²) in [4.78, 5) is 4.47. The third-order valence-corrected chi connectivity index (χ3v) is 3.80. The van der Waals surface area contributed by atoms with Crippen molar-refractivity contribution in [2.45, 2.75) is 0 Å². The Labute approximate surface area is 108 Å². The topological polar surface area (TPSA) is 42.4 Å². The van der Waals surface area contributed by atoms with Crippen LogP contribution in [0.3, 0.4) is 0 Å². The van der Waals surface area contributed by atoms with Gasteiger partial charge in [-0.3, -0.25) is 0 Å². The monoisotopic (exact) mass is 257 g/mol. The lowest BCUT2D eigenvalue weighted by Gasteiger charge is -1.99. The Morgan fingerprint density at radius 3 is 2.56 bits per heavy atom. The van der Waals surface area contributed by atoms with Crippen LogP contribution in [0.5, 0.6) is 11.5 Å². The Hall–Kier alpha value is -2.07. The van der Waals surface area contributed by atoms with Crippen LogP contribution >= 0.6 is 11.3 Å². The van der Waals surface area contributed by atoms with Crippen LogP contribution in [0.4, 0.5) is 0 Å². The molecular weight excluding hydrogens is 246 g/mol. The summed E-state index contributed by atoms with van der Waals surface area (Å²) in [5.74, 6) is 1.05. The minimum absolute atomic E-state index is 0.225. The maximum Gasteiger partial charge on any atom is 0.142 e. The van der Waals surface area contributed by atoms with Crippen molar-refractivity contribution in [1.29, 1.82) is 0 Å². The maximum atomic E-state index is 9.74. The number of fused-ring (bicyclic) bond motifs is 1. The molecule has 0 saturated heterocycles. The lowest BCUT2D eigenvalue weighted by atomic mass is 10.2. The number of hydrogen-bond acceptors (Lipinski definition) is 4. The van der Waals surface area contributed by atoms with Crippen molar-refractivity contribution < 1.29 is 9.84 Å². The average Bonchev–Trinajstić information content (AvgIpc) is 2.84. The third-order valence-electron chi connectivity index (χ3n) is 2.73. The van der Waals surface area contributed by atoms with Crippen LogP contribution in [0, 0.1) is 0 Å². The molecule has 0 bridgehead atoms. The Morgan fingerprint density at radius 2 is 1.89 bits per heavy atom. The summed E-state index contributed by atoms with van der Waals surface area (Å²) in [6.07, 6.45) is 0. The summed E-state index contributed by atoms with van der Waals surface area (Å²) < 4.78 is 6.11. The first kappa shape index (κ1) is 11.0. The molecule has 0 fully saturated rings. The highest BCUT2D eigenvalue weighted by Crippen LogP contribution is 2.34. The zero-order valence-corrected chi connectivity index (χ0v) is 10.6. The summed E-state index contributed by atoms with van der Waals surface area (Å²) >= 11 is 1.57. The predicted octanol–water partition coefficient (Wildman–Crippen LogP) is 3.68. The minimum atomic E-state index is 0.225. The molecule has 1 aromatic heterocycles. The normalized spacial score (nSPS) is 10.7. The molecule has 0 saturated carbocycles. The second-order valence-corrected chi connectivity index (χ2v) is 4.90. The van der Waals surface area contributed by atoms with Gasteiger partial charge in [-0.2, -0.15) is 0 Å². The summed E-state index contributed by atoms with van der Waals surface area (Å²) in [5.41, 5.74) is 1.68. The molecule has 3 aromatic rings. The first-order chi connectivity index (χ1) is 8.78. The molecule has 3 nitrogen and oxygen atoms in total. The number of thiazole rings is 1. The molecule has 90 valence electrons. The molecule has 0 aliphatic rings. The van der Waals surface area contributed by atoms with Gasteiger partial charge < -0.3 is 9.84 Å². The molecule has 18 heavy (non-hydrogen) atoms. The standard InChI is InChI=1S/C14H11NO2S/c1-17-10-7-5-9(6-8-10)14-15-13-11(16)3-2-4-12(13)18-14/h2-8,16H,1H3. The van der Waals surface area contributed by atoms with E-state index in [9.17, 15) is 5.11 Å². The van der Waals surface area contributed by atoms with Crippen LogP contribution in [0.15, 0.2) is 42.5 Å². The van der Waals surface area contributed by atoms with Crippen LogP contribution in [-0.4, -0.2) is 17.2 Å². The second kappa shape index (κ2) is 4.31. The largest absolute Gasteiger partial charge is 0.506 e. The van der Waals surface area contributed by atoms with Crippen molar-refractivity contribution in [1.82, 2.24) is 4.98 Å². The van der Waals surface area contributed by atoms with E-state index in [4.69, 9.17) is 4.74 Å². The van der Waals surface area contributed by atoms with Crippen molar-refractivity contribution >= 4 is 21.6 Å². The highest BCUT2D eigenvalue weighted by molar-refractivity contribution is 7.21. The third kappa shape index (κ3) is 1.80. The smallest absolute Gasteiger partial charge is 0.142 e. The van der Waals surface area contributed by atoms with E-state index in [-0.39, 0.29) is 5.75 Å². The Morgan fingerprint density at radius 1 is 1.11 bits per heavy atom. The van der Waals surface area contributed by atoms with Crippen molar-refractivity contribution in [3.05, 3.63) is 42.5 Å². The fourth-order valence-corrected chi connectivity index (χ4v) is 2.78. The van der Waals surface area contributed by atoms with Gasteiger partial charge in [0.2, 0.25) is 0 Å². The van der Waals surface area contributed by atoms with Gasteiger partial charge in [0.15, 0.2) is 0 Å². The van der Waals surface area contributed by atoms with Gasteiger partial charge in [0, 0.05) is 5.56 Å². The van der Waals surface area contributed by atoms with Crippen LogP contribution in [0.2, 0.25) is 0 Å². The molecule has 2 aromatic carbocycles. The number of rotatable bonds is 2. The van der Waals surface area contributed by atoms with Gasteiger partial charge in [0.1, 0.15) is 22.0 Å². The number of ether oxygens (including phenoxy) is 1. The zero-order chi connectivity index (χ0) is 12.5. The fourth-order valence-electron chi connectivity index (χ4n) is 1.79. The number of hydrogen-bond donors (Lipinski definition) is 1. The SMILES string of the molecule is COc1ccc(-c2nc3c(O)cccc3s2)cc1. The van der Waals surface area contributed by atoms with Crippen LogP contribution in [-0.2, 0) is 0 Å². The summed E-state index contributed by atoms with van der Waals surface area (Å²) in [7, 11) is 1.64. The van der Waals surface area contributed by atoms with E-state index < -0.39 is 0 Å². The first-order valence-electron chi connectivity index (χ1n) is 5.51. The average molecular weight is 257 g/mol. The predicted molar refractivity (Wildman–Crippen MR) is 73.3 cm³/mol. The fraction of sp³-hybridized carbons (Fsp3) is 0.0714. The quantitative estimate of drug-likeness (QED) is 0.761. The van der Waals surface area contributed by atoms with Crippen molar-refractivity contribution in [3.8, 4) is 22.1 Å². The number of methoxy groups -OCH3 is 1. The van der Waals surface area contributed by atoms with E-state index in [2.05, 4.69) is 4.98 Å². The van der Waals surface area contributed by atoms with Gasteiger partial charge in [-0.15, -0.1) is 11.3 Å². The molecule has 0 aliphatic heterocycles. The molecule has 0 atom stereocenters. The number of aromatic nitrogens is 1. The van der Waals surface area contributed by atoms with Gasteiger partial charge in [-0.25, -0.2) is 4.98 Å². The van der Waals surface area contributed by atoms with E-state index in [0.717, 1.165) is 21.0 Å². The number of benzene rings is 2. The van der Waals surface area contributed by atoms with Gasteiger partial charge in [0.25, 0.3) is 0 Å². The highest BCUT2D eigenvalue weighted by atomic mass is 32.1. The van der Waals surface area contributed by atoms with E-state index in [1.54, 1.807) is 24.5 Å². The molecule has 4 heteroatoms. The van der Waals surface area contributed by atoms with E-state index in [1.165, 1.54) is 0 Å². The van der Waals surface area contributed by atoms with Crippen molar-refractivity contribution in [3.63, 3.8) is 0 Å². The second-order valence-electron chi connectivity index (χ2n) is 3.87. The summed E-state index contributed by atoms with van der Waals surface area (Å²) in [6, 6.07) is 13.2. The summed E-state index contributed by atoms with van der Waals surface area (Å²) in [5, 5.41) is 10.6. The van der Waals surface area contributed by atoms with Crippen molar-refractivity contribution in [2.24, 2.45) is 0 Å². The van der Waals surface area contributed by atoms with Gasteiger partial charge >= 0.3 is 0 Å². The maximum absolute atomic E-state index is 9.74. The zero-order valence-electron chi connectivity index (χ0n) is 9.75. The molecular formula is C14H11NO2S. The number of para-hydroxylation sites is 1. The summed E-state index contributed by atoms with van der Waals surface area (Å²) in [6.45, 7) is 0. The minimum Gasteiger partial charge on any atom is -0.506 e. The van der Waals surface area contributed by atoms with E-state index in [1.807, 2.05) is 36.4 Å². The lowest BCUT2D eigenvalue weighted by Crippen LogP contribution is -1.82. The van der Waals surface area contributed by atoms with Gasteiger partial charge in [-0.05, 0) is 36.4 Å². The molecule has 0 unspecified atom stereocenters.